The fourth-order valence-electron chi connectivity index (χ4n) is 4.23. The number of amides is 1. The van der Waals surface area contributed by atoms with Gasteiger partial charge in [0.2, 0.25) is 11.7 Å². The second kappa shape index (κ2) is 8.52. The molecule has 0 spiro atoms. The molecule has 2 aromatic heterocycles. The van der Waals surface area contributed by atoms with Gasteiger partial charge in [0.05, 0.1) is 22.0 Å². The normalized spacial score (nSPS) is 17.8. The van der Waals surface area contributed by atoms with Gasteiger partial charge in [-0.15, -0.1) is 0 Å². The highest BCUT2D eigenvalue weighted by atomic mass is 35.5. The molecule has 2 aliphatic rings. The molecule has 4 heterocycles. The van der Waals surface area contributed by atoms with Crippen LogP contribution in [0.25, 0.3) is 5.82 Å². The van der Waals surface area contributed by atoms with Crippen LogP contribution in [0, 0.1) is 0 Å². The van der Waals surface area contributed by atoms with Crippen molar-refractivity contribution in [3.63, 3.8) is 0 Å². The molecule has 34 heavy (non-hydrogen) atoms. The van der Waals surface area contributed by atoms with Crippen LogP contribution in [-0.2, 0) is 17.4 Å². The molecule has 7 nitrogen and oxygen atoms in total. The first-order valence-corrected chi connectivity index (χ1v) is 11.1. The summed E-state index contributed by atoms with van der Waals surface area (Å²) in [6, 6.07) is 7.53. The maximum absolute atomic E-state index is 13.6. The van der Waals surface area contributed by atoms with Crippen LogP contribution < -0.4 is 5.32 Å². The number of rotatable bonds is 4. The lowest BCUT2D eigenvalue weighted by atomic mass is 10.0. The smallest absolute Gasteiger partial charge is 0.341 e. The number of hydrogen-bond donors (Lipinski definition) is 1. The molecule has 1 amide bonds. The second-order valence-electron chi connectivity index (χ2n) is 8.10. The quantitative estimate of drug-likeness (QED) is 0.567. The summed E-state index contributed by atoms with van der Waals surface area (Å²) in [6.07, 6.45) is -1.81. The Morgan fingerprint density at radius 3 is 2.56 bits per heavy atom. The Labute approximate surface area is 197 Å². The van der Waals surface area contributed by atoms with Gasteiger partial charge in [-0.3, -0.25) is 14.2 Å². The largest absolute Gasteiger partial charge is 0.417 e. The van der Waals surface area contributed by atoms with Gasteiger partial charge in [0.25, 0.3) is 0 Å². The number of aromatic nitrogens is 3. The van der Waals surface area contributed by atoms with Gasteiger partial charge in [-0.25, -0.2) is 9.97 Å². The highest BCUT2D eigenvalue weighted by Gasteiger charge is 2.39. The van der Waals surface area contributed by atoms with Crippen molar-refractivity contribution in [2.45, 2.75) is 25.1 Å². The van der Waals surface area contributed by atoms with Crippen LogP contribution in [0.1, 0.15) is 45.6 Å². The molecular formula is C23H19ClF3N5O2. The third kappa shape index (κ3) is 3.76. The van der Waals surface area contributed by atoms with E-state index in [1.165, 1.54) is 16.8 Å². The van der Waals surface area contributed by atoms with Crippen molar-refractivity contribution in [1.82, 2.24) is 24.8 Å². The van der Waals surface area contributed by atoms with Gasteiger partial charge >= 0.3 is 6.18 Å². The minimum Gasteiger partial charge on any atom is -0.341 e. The Kier molecular flexibility index (Phi) is 5.65. The summed E-state index contributed by atoms with van der Waals surface area (Å²) in [7, 11) is 0. The molecule has 1 saturated heterocycles. The number of imidazole rings is 1. The van der Waals surface area contributed by atoms with E-state index in [9.17, 15) is 22.8 Å². The fourth-order valence-corrected chi connectivity index (χ4v) is 4.55. The van der Waals surface area contributed by atoms with E-state index in [4.69, 9.17) is 11.6 Å². The van der Waals surface area contributed by atoms with E-state index in [-0.39, 0.29) is 17.3 Å². The number of likely N-dealkylation sites (tertiary alicyclic amines) is 1. The molecule has 1 fully saturated rings. The van der Waals surface area contributed by atoms with E-state index < -0.39 is 28.6 Å². The van der Waals surface area contributed by atoms with Crippen molar-refractivity contribution in [2.75, 3.05) is 19.6 Å². The number of ketones is 1. The summed E-state index contributed by atoms with van der Waals surface area (Å²) in [5, 5.41) is 2.47. The van der Waals surface area contributed by atoms with E-state index in [0.29, 0.717) is 43.3 Å². The van der Waals surface area contributed by atoms with E-state index >= 15 is 0 Å². The Bertz CT molecular complexity index is 1270. The molecule has 1 unspecified atom stereocenters. The zero-order chi connectivity index (χ0) is 24.0. The number of nitrogens with one attached hydrogen (secondary N) is 1. The molecule has 1 atom stereocenters. The third-order valence-electron chi connectivity index (χ3n) is 6.03. The summed E-state index contributed by atoms with van der Waals surface area (Å²) < 4.78 is 41.7. The molecule has 0 bridgehead atoms. The molecule has 1 N–H and O–H groups in total. The van der Waals surface area contributed by atoms with Crippen molar-refractivity contribution in [3.8, 4) is 5.82 Å². The predicted molar refractivity (Wildman–Crippen MR) is 117 cm³/mol. The van der Waals surface area contributed by atoms with Gasteiger partial charge in [0.1, 0.15) is 11.9 Å². The summed E-state index contributed by atoms with van der Waals surface area (Å²) >= 11 is 6.04. The van der Waals surface area contributed by atoms with Gasteiger partial charge in [0, 0.05) is 37.8 Å². The first-order valence-electron chi connectivity index (χ1n) is 10.7. The number of carbonyl (C=O) groups excluding carboxylic acids is 2. The molecule has 0 saturated carbocycles. The average molecular weight is 490 g/mol. The Hall–Kier alpha value is -3.24. The maximum atomic E-state index is 13.6. The number of fused-ring (bicyclic) bond motifs is 1. The highest BCUT2D eigenvalue weighted by Crippen LogP contribution is 2.37. The van der Waals surface area contributed by atoms with Crippen LogP contribution in [0.15, 0.2) is 42.6 Å². The summed E-state index contributed by atoms with van der Waals surface area (Å²) in [5.74, 6) is -0.699. The van der Waals surface area contributed by atoms with Gasteiger partial charge in [-0.05, 0) is 30.7 Å². The van der Waals surface area contributed by atoms with Gasteiger partial charge in [-0.1, -0.05) is 23.7 Å². The molecule has 5 rings (SSSR count). The zero-order valence-electron chi connectivity index (χ0n) is 17.8. The molecule has 0 radical (unpaired) electrons. The lowest BCUT2D eigenvalue weighted by Crippen LogP contribution is -2.49. The topological polar surface area (TPSA) is 80.1 Å². The van der Waals surface area contributed by atoms with Crippen molar-refractivity contribution >= 4 is 23.3 Å². The van der Waals surface area contributed by atoms with Gasteiger partial charge in [0.15, 0.2) is 5.82 Å². The first-order chi connectivity index (χ1) is 16.3. The summed E-state index contributed by atoms with van der Waals surface area (Å²) in [6.45, 7) is 1.77. The summed E-state index contributed by atoms with van der Waals surface area (Å²) in [4.78, 5) is 37.1. The predicted octanol–water partition coefficient (Wildman–Crippen LogP) is 3.59. The summed E-state index contributed by atoms with van der Waals surface area (Å²) in [5.41, 5.74) is -0.439. The molecule has 2 aliphatic heterocycles. The molecule has 3 aromatic rings. The lowest BCUT2D eigenvalue weighted by molar-refractivity contribution is -0.138. The van der Waals surface area contributed by atoms with Crippen LogP contribution in [0.3, 0.4) is 0 Å². The van der Waals surface area contributed by atoms with Crippen molar-refractivity contribution in [2.24, 2.45) is 0 Å². The van der Waals surface area contributed by atoms with Gasteiger partial charge in [-0.2, -0.15) is 13.2 Å². The van der Waals surface area contributed by atoms with Crippen LogP contribution in [0.5, 0.6) is 0 Å². The molecule has 176 valence electrons. The average Bonchev–Trinajstić information content (AvgIpc) is 3.17. The SMILES string of the molecule is O=C(c1cccc(C(F)(F)F)c1Cl)c1nc2c(n1-c1ccccn1)CCNC2C(=O)N1CCC1. The van der Waals surface area contributed by atoms with E-state index in [1.807, 2.05) is 0 Å². The van der Waals surface area contributed by atoms with E-state index in [1.54, 1.807) is 23.1 Å². The number of alkyl halides is 3. The van der Waals surface area contributed by atoms with E-state index in [2.05, 4.69) is 15.3 Å². The van der Waals surface area contributed by atoms with Crippen LogP contribution in [0.4, 0.5) is 13.2 Å². The lowest BCUT2D eigenvalue weighted by Gasteiger charge is -2.35. The Balaban J connectivity index is 1.67. The minimum atomic E-state index is -4.72. The number of halogens is 4. The molecule has 0 aliphatic carbocycles. The number of carbonyl (C=O) groups is 2. The number of pyridine rings is 1. The highest BCUT2D eigenvalue weighted by molar-refractivity contribution is 6.35. The van der Waals surface area contributed by atoms with Crippen LogP contribution in [0.2, 0.25) is 5.02 Å². The van der Waals surface area contributed by atoms with Crippen molar-refractivity contribution in [1.29, 1.82) is 0 Å². The molecule has 11 heteroatoms. The van der Waals surface area contributed by atoms with Gasteiger partial charge < -0.3 is 10.2 Å². The third-order valence-corrected chi connectivity index (χ3v) is 6.44. The number of nitrogens with zero attached hydrogens (tertiary/aromatic N) is 4. The standard InChI is InChI=1S/C23H19ClF3N5O2/c24-17-13(5-3-6-14(17)23(25,26)27)20(33)21-30-18-15(32(21)16-7-1-2-9-28-16)8-10-29-19(18)22(34)31-11-4-12-31/h1-3,5-7,9,19,29H,4,8,10-12H2. The molecular weight excluding hydrogens is 471 g/mol. The van der Waals surface area contributed by atoms with Crippen molar-refractivity contribution < 1.29 is 22.8 Å². The Morgan fingerprint density at radius 1 is 1.12 bits per heavy atom. The first kappa shape index (κ1) is 22.5. The second-order valence-corrected chi connectivity index (χ2v) is 8.48. The maximum Gasteiger partial charge on any atom is 0.417 e. The van der Waals surface area contributed by atoms with E-state index in [0.717, 1.165) is 18.6 Å². The van der Waals surface area contributed by atoms with Crippen LogP contribution >= 0.6 is 11.6 Å². The van der Waals surface area contributed by atoms with Crippen LogP contribution in [-0.4, -0.2) is 50.8 Å². The zero-order valence-corrected chi connectivity index (χ0v) is 18.5. The monoisotopic (exact) mass is 489 g/mol. The molecule has 1 aromatic carbocycles. The fraction of sp³-hybridized carbons (Fsp3) is 0.304. The Morgan fingerprint density at radius 2 is 1.91 bits per heavy atom. The number of benzene rings is 1. The minimum absolute atomic E-state index is 0.143. The number of hydrogen-bond acceptors (Lipinski definition) is 5. The van der Waals surface area contributed by atoms with Crippen molar-refractivity contribution in [3.05, 3.63) is 76.0 Å².